The normalized spacial score (nSPS) is 27.0. The number of ketones is 1. The zero-order valence-electron chi connectivity index (χ0n) is 18.0. The molecule has 4 unspecified atom stereocenters. The van der Waals surface area contributed by atoms with Gasteiger partial charge in [0.15, 0.2) is 5.78 Å². The summed E-state index contributed by atoms with van der Waals surface area (Å²) in [6.45, 7) is 6.20. The smallest absolute Gasteiger partial charge is 0.195 e. The molecule has 0 saturated carbocycles. The van der Waals surface area contributed by atoms with Crippen LogP contribution in [0, 0.1) is 0 Å². The van der Waals surface area contributed by atoms with Crippen molar-refractivity contribution in [2.45, 2.75) is 24.4 Å². The zero-order chi connectivity index (χ0) is 21.5. The maximum atomic E-state index is 13.7. The molecule has 2 aromatic carbocycles. The lowest BCUT2D eigenvalue weighted by atomic mass is 9.98. The lowest BCUT2D eigenvalue weighted by Gasteiger charge is -2.33. The molecule has 4 atom stereocenters. The van der Waals surface area contributed by atoms with Crippen LogP contribution >= 0.6 is 0 Å². The Morgan fingerprint density at radius 3 is 1.69 bits per heavy atom. The van der Waals surface area contributed by atoms with Crippen LogP contribution in [0.2, 0.25) is 0 Å². The van der Waals surface area contributed by atoms with Gasteiger partial charge in [-0.25, -0.2) is 0 Å². The molecule has 4 saturated heterocycles. The first-order chi connectivity index (χ1) is 15.7. The second-order valence-corrected chi connectivity index (χ2v) is 9.00. The van der Waals surface area contributed by atoms with Crippen LogP contribution in [0.15, 0.2) is 48.5 Å². The highest BCUT2D eigenvalue weighted by atomic mass is 16.6. The monoisotopic (exact) mass is 436 g/mol. The minimum absolute atomic E-state index is 0.0335. The Morgan fingerprint density at radius 2 is 1.19 bits per heavy atom. The first-order valence-electron chi connectivity index (χ1n) is 11.4. The van der Waals surface area contributed by atoms with Crippen LogP contribution in [0.25, 0.3) is 0 Å². The third-order valence-corrected chi connectivity index (χ3v) is 6.26. The van der Waals surface area contributed by atoms with Gasteiger partial charge in [-0.3, -0.25) is 4.79 Å². The Bertz CT molecular complexity index is 940. The van der Waals surface area contributed by atoms with Gasteiger partial charge >= 0.3 is 0 Å². The number of para-hydroxylation sites is 1. The molecule has 0 aromatic heterocycles. The van der Waals surface area contributed by atoms with Gasteiger partial charge in [0.05, 0.1) is 62.2 Å². The molecule has 32 heavy (non-hydrogen) atoms. The molecular weight excluding hydrogens is 408 g/mol. The van der Waals surface area contributed by atoms with Crippen molar-refractivity contribution in [3.63, 3.8) is 0 Å². The minimum atomic E-state index is 0.0335. The van der Waals surface area contributed by atoms with Crippen molar-refractivity contribution in [1.29, 1.82) is 0 Å². The topological polar surface area (TPSA) is 73.7 Å². The molecule has 0 amide bonds. The summed E-state index contributed by atoms with van der Waals surface area (Å²) < 4.78 is 22.3. The molecule has 4 fully saturated rings. The molecule has 7 heteroatoms. The fourth-order valence-corrected chi connectivity index (χ4v) is 4.25. The summed E-state index contributed by atoms with van der Waals surface area (Å²) in [5, 5.41) is 0. The average Bonchev–Trinajstić information content (AvgIpc) is 3.63. The molecule has 0 radical (unpaired) electrons. The van der Waals surface area contributed by atoms with Crippen molar-refractivity contribution in [1.82, 2.24) is 0 Å². The van der Waals surface area contributed by atoms with E-state index in [1.165, 1.54) is 0 Å². The molecule has 7 nitrogen and oxygen atoms in total. The Morgan fingerprint density at radius 1 is 0.688 bits per heavy atom. The van der Waals surface area contributed by atoms with E-state index < -0.39 is 0 Å². The lowest BCUT2D eigenvalue weighted by Crippen LogP contribution is -2.37. The molecule has 4 aliphatic heterocycles. The van der Waals surface area contributed by atoms with Crippen molar-refractivity contribution in [3.8, 4) is 0 Å². The van der Waals surface area contributed by atoms with E-state index in [1.54, 1.807) is 0 Å². The maximum Gasteiger partial charge on any atom is 0.195 e. The van der Waals surface area contributed by atoms with Gasteiger partial charge in [0, 0.05) is 37.3 Å². The first kappa shape index (κ1) is 20.2. The summed E-state index contributed by atoms with van der Waals surface area (Å²) in [6.07, 6.45) is 0.881. The highest BCUT2D eigenvalue weighted by molar-refractivity contribution is 6.14. The molecule has 4 heterocycles. The van der Waals surface area contributed by atoms with Crippen LogP contribution < -0.4 is 9.80 Å². The molecule has 4 aliphatic rings. The molecule has 0 bridgehead atoms. The third kappa shape index (κ3) is 4.81. The number of carbonyl (C=O) groups excluding carboxylic acids is 1. The zero-order valence-corrected chi connectivity index (χ0v) is 18.0. The number of epoxide rings is 4. The van der Waals surface area contributed by atoms with Gasteiger partial charge in [-0.15, -0.1) is 0 Å². The van der Waals surface area contributed by atoms with Crippen LogP contribution in [-0.4, -0.2) is 82.8 Å². The Balaban J connectivity index is 1.42. The van der Waals surface area contributed by atoms with Crippen molar-refractivity contribution < 1.29 is 23.7 Å². The van der Waals surface area contributed by atoms with E-state index in [2.05, 4.69) is 15.9 Å². The van der Waals surface area contributed by atoms with E-state index in [-0.39, 0.29) is 30.2 Å². The number of ether oxygens (including phenoxy) is 4. The van der Waals surface area contributed by atoms with E-state index in [0.29, 0.717) is 11.1 Å². The Labute approximate surface area is 187 Å². The summed E-state index contributed by atoms with van der Waals surface area (Å²) in [5.74, 6) is 0.0335. The highest BCUT2D eigenvalue weighted by Gasteiger charge is 2.37. The summed E-state index contributed by atoms with van der Waals surface area (Å²) >= 11 is 0. The third-order valence-electron chi connectivity index (χ3n) is 6.26. The molecule has 0 spiro atoms. The molecule has 2 aromatic rings. The standard InChI is InChI=1S/C25H28N2O5/c28-25(17-5-2-1-3-6-17)22-7-4-8-23(26(9-18-13-29-18)10-19-14-30-19)24(22)27(11-20-15-31-20)12-21-16-32-21/h1-8,18-21H,9-16H2. The maximum absolute atomic E-state index is 13.7. The predicted molar refractivity (Wildman–Crippen MR) is 120 cm³/mol. The first-order valence-corrected chi connectivity index (χ1v) is 11.4. The van der Waals surface area contributed by atoms with Gasteiger partial charge in [0.25, 0.3) is 0 Å². The van der Waals surface area contributed by atoms with Crippen LogP contribution in [0.5, 0.6) is 0 Å². The van der Waals surface area contributed by atoms with Gasteiger partial charge in [0.2, 0.25) is 0 Å². The second kappa shape index (κ2) is 8.48. The molecule has 0 N–H and O–H groups in total. The van der Waals surface area contributed by atoms with Crippen LogP contribution in [0.3, 0.4) is 0 Å². The Kier molecular flexibility index (Phi) is 5.35. The minimum Gasteiger partial charge on any atom is -0.371 e. The summed E-state index contributed by atoms with van der Waals surface area (Å²) in [4.78, 5) is 18.3. The number of benzene rings is 2. The van der Waals surface area contributed by atoms with Crippen molar-refractivity contribution in [2.75, 3.05) is 62.4 Å². The van der Waals surface area contributed by atoms with Crippen molar-refractivity contribution >= 4 is 17.2 Å². The number of hydrogen-bond donors (Lipinski definition) is 0. The van der Waals surface area contributed by atoms with Crippen molar-refractivity contribution in [2.24, 2.45) is 0 Å². The van der Waals surface area contributed by atoms with Gasteiger partial charge < -0.3 is 28.7 Å². The van der Waals surface area contributed by atoms with E-state index >= 15 is 0 Å². The summed E-state index contributed by atoms with van der Waals surface area (Å²) in [5.41, 5.74) is 3.43. The summed E-state index contributed by atoms with van der Waals surface area (Å²) in [6, 6.07) is 15.6. The largest absolute Gasteiger partial charge is 0.371 e. The quantitative estimate of drug-likeness (QED) is 0.373. The number of carbonyl (C=O) groups is 1. The van der Waals surface area contributed by atoms with Crippen LogP contribution in [0.4, 0.5) is 11.4 Å². The van der Waals surface area contributed by atoms with Crippen molar-refractivity contribution in [3.05, 3.63) is 59.7 Å². The number of nitrogens with zero attached hydrogens (tertiary/aromatic N) is 2. The number of anilines is 2. The van der Waals surface area contributed by atoms with Crippen LogP contribution in [-0.2, 0) is 18.9 Å². The van der Waals surface area contributed by atoms with E-state index in [4.69, 9.17) is 18.9 Å². The lowest BCUT2D eigenvalue weighted by molar-refractivity contribution is 0.103. The fourth-order valence-electron chi connectivity index (χ4n) is 4.25. The molecule has 168 valence electrons. The fraction of sp³-hybridized carbons (Fsp3) is 0.480. The molecular formula is C25H28N2O5. The SMILES string of the molecule is O=C(c1ccccc1)c1cccc(N(CC2CO2)CC2CO2)c1N(CC1CO1)CC1CO1. The van der Waals surface area contributed by atoms with E-state index in [9.17, 15) is 4.79 Å². The van der Waals surface area contributed by atoms with Gasteiger partial charge in [-0.1, -0.05) is 36.4 Å². The van der Waals surface area contributed by atoms with Gasteiger partial charge in [-0.2, -0.15) is 0 Å². The number of hydrogen-bond acceptors (Lipinski definition) is 7. The number of rotatable bonds is 12. The van der Waals surface area contributed by atoms with Gasteiger partial charge in [-0.05, 0) is 12.1 Å². The predicted octanol–water partition coefficient (Wildman–Crippen LogP) is 2.13. The average molecular weight is 437 g/mol. The van der Waals surface area contributed by atoms with E-state index in [1.807, 2.05) is 42.5 Å². The van der Waals surface area contributed by atoms with E-state index in [0.717, 1.165) is 64.0 Å². The molecule has 6 rings (SSSR count). The van der Waals surface area contributed by atoms with Crippen LogP contribution in [0.1, 0.15) is 15.9 Å². The van der Waals surface area contributed by atoms with Gasteiger partial charge in [0.1, 0.15) is 0 Å². The highest BCUT2D eigenvalue weighted by Crippen LogP contribution is 2.38. The summed E-state index contributed by atoms with van der Waals surface area (Å²) in [7, 11) is 0. The second-order valence-electron chi connectivity index (χ2n) is 9.00. The molecule has 0 aliphatic carbocycles. The Hall–Kier alpha value is -2.45.